The lowest BCUT2D eigenvalue weighted by molar-refractivity contribution is -0.166. The van der Waals surface area contributed by atoms with Gasteiger partial charge >= 0.3 is 11.9 Å². The zero-order valence-corrected chi connectivity index (χ0v) is 16.0. The number of hydrogen-bond acceptors (Lipinski definition) is 9. The topological polar surface area (TPSA) is 126 Å². The van der Waals surface area contributed by atoms with Crippen molar-refractivity contribution >= 4 is 46.3 Å². The maximum atomic E-state index is 11.6. The molecule has 1 fully saturated rings. The van der Waals surface area contributed by atoms with Crippen LogP contribution in [-0.2, 0) is 23.8 Å². The molecular formula is C15H16Cl2N4O6. The SMILES string of the molecule is CC(=O)O[C@@H]1[C@H](OC(C)=O)[C@@H](C(C)O)O[C@H]1n1cnc2c(Cl)nc(Cl)nc21. The van der Waals surface area contributed by atoms with E-state index in [0.717, 1.165) is 0 Å². The second kappa shape index (κ2) is 7.55. The Morgan fingerprint density at radius 3 is 2.44 bits per heavy atom. The summed E-state index contributed by atoms with van der Waals surface area (Å²) in [4.78, 5) is 35.2. The molecule has 0 bridgehead atoms. The van der Waals surface area contributed by atoms with Gasteiger partial charge < -0.3 is 19.3 Å². The largest absolute Gasteiger partial charge is 0.455 e. The van der Waals surface area contributed by atoms with Crippen molar-refractivity contribution in [1.82, 2.24) is 19.5 Å². The maximum absolute atomic E-state index is 11.6. The zero-order chi connectivity index (χ0) is 19.9. The number of hydrogen-bond donors (Lipinski definition) is 1. The highest BCUT2D eigenvalue weighted by atomic mass is 35.5. The van der Waals surface area contributed by atoms with Gasteiger partial charge in [-0.3, -0.25) is 14.2 Å². The third-order valence-corrected chi connectivity index (χ3v) is 4.36. The molecule has 3 rings (SSSR count). The third-order valence-electron chi connectivity index (χ3n) is 3.93. The van der Waals surface area contributed by atoms with Crippen LogP contribution in [0.4, 0.5) is 0 Å². The Kier molecular flexibility index (Phi) is 5.52. The van der Waals surface area contributed by atoms with Crippen LogP contribution in [0.1, 0.15) is 27.0 Å². The number of aliphatic hydroxyl groups is 1. The molecule has 2 aromatic rings. The highest BCUT2D eigenvalue weighted by molar-refractivity contribution is 6.35. The van der Waals surface area contributed by atoms with Gasteiger partial charge in [0, 0.05) is 13.8 Å². The lowest BCUT2D eigenvalue weighted by atomic mass is 10.1. The summed E-state index contributed by atoms with van der Waals surface area (Å²) < 4.78 is 17.9. The van der Waals surface area contributed by atoms with Crippen LogP contribution in [0.2, 0.25) is 10.4 Å². The Bertz CT molecular complexity index is 889. The highest BCUT2D eigenvalue weighted by Gasteiger charge is 2.52. The summed E-state index contributed by atoms with van der Waals surface area (Å²) in [6.45, 7) is 3.88. The van der Waals surface area contributed by atoms with Crippen LogP contribution >= 0.6 is 23.2 Å². The molecule has 1 aliphatic rings. The van der Waals surface area contributed by atoms with Gasteiger partial charge in [0.1, 0.15) is 11.6 Å². The van der Waals surface area contributed by atoms with Crippen molar-refractivity contribution in [2.75, 3.05) is 0 Å². The van der Waals surface area contributed by atoms with Crippen LogP contribution in [0, 0.1) is 0 Å². The summed E-state index contributed by atoms with van der Waals surface area (Å²) in [5.74, 6) is -1.23. The molecule has 1 unspecified atom stereocenters. The summed E-state index contributed by atoms with van der Waals surface area (Å²) in [7, 11) is 0. The van der Waals surface area contributed by atoms with Crippen molar-refractivity contribution in [1.29, 1.82) is 0 Å². The Balaban J connectivity index is 2.09. The van der Waals surface area contributed by atoms with Gasteiger partial charge in [-0.15, -0.1) is 0 Å². The molecule has 0 aromatic carbocycles. The van der Waals surface area contributed by atoms with Crippen molar-refractivity contribution in [2.45, 2.75) is 51.4 Å². The Morgan fingerprint density at radius 1 is 1.22 bits per heavy atom. The fourth-order valence-electron chi connectivity index (χ4n) is 2.96. The molecule has 1 N–H and O–H groups in total. The molecule has 0 radical (unpaired) electrons. The summed E-state index contributed by atoms with van der Waals surface area (Å²) in [6, 6.07) is 0. The molecule has 2 aromatic heterocycles. The van der Waals surface area contributed by atoms with E-state index in [-0.39, 0.29) is 21.6 Å². The molecule has 0 saturated carbocycles. The first-order valence-electron chi connectivity index (χ1n) is 7.92. The fourth-order valence-corrected chi connectivity index (χ4v) is 3.38. The monoisotopic (exact) mass is 418 g/mol. The quantitative estimate of drug-likeness (QED) is 0.443. The normalized spacial score (nSPS) is 26.1. The van der Waals surface area contributed by atoms with Crippen molar-refractivity contribution < 1.29 is 28.9 Å². The van der Waals surface area contributed by atoms with Crippen LogP contribution < -0.4 is 0 Å². The fraction of sp³-hybridized carbons (Fsp3) is 0.533. The van der Waals surface area contributed by atoms with Crippen LogP contribution in [0.25, 0.3) is 11.2 Å². The molecular weight excluding hydrogens is 403 g/mol. The number of rotatable bonds is 4. The molecule has 0 amide bonds. The van der Waals surface area contributed by atoms with E-state index in [1.54, 1.807) is 0 Å². The molecule has 3 heterocycles. The molecule has 146 valence electrons. The number of fused-ring (bicyclic) bond motifs is 1. The second-order valence-electron chi connectivity index (χ2n) is 5.99. The van der Waals surface area contributed by atoms with E-state index in [4.69, 9.17) is 37.4 Å². The Hall–Kier alpha value is -2.01. The van der Waals surface area contributed by atoms with Gasteiger partial charge in [0.05, 0.1) is 12.4 Å². The van der Waals surface area contributed by atoms with Crippen molar-refractivity contribution in [3.63, 3.8) is 0 Å². The zero-order valence-electron chi connectivity index (χ0n) is 14.5. The average Bonchev–Trinajstić information content (AvgIpc) is 3.09. The van der Waals surface area contributed by atoms with Crippen LogP contribution in [0.5, 0.6) is 0 Å². The number of carbonyl (C=O) groups is 2. The van der Waals surface area contributed by atoms with Crippen molar-refractivity contribution in [3.8, 4) is 0 Å². The van der Waals surface area contributed by atoms with Gasteiger partial charge in [-0.2, -0.15) is 4.98 Å². The molecule has 27 heavy (non-hydrogen) atoms. The van der Waals surface area contributed by atoms with Crippen molar-refractivity contribution in [3.05, 3.63) is 16.8 Å². The van der Waals surface area contributed by atoms with Gasteiger partial charge in [0.15, 0.2) is 29.2 Å². The van der Waals surface area contributed by atoms with E-state index in [9.17, 15) is 14.7 Å². The van der Waals surface area contributed by atoms with Crippen LogP contribution in [0.15, 0.2) is 6.33 Å². The molecule has 12 heteroatoms. The van der Waals surface area contributed by atoms with E-state index < -0.39 is 42.6 Å². The van der Waals surface area contributed by atoms with Crippen LogP contribution in [-0.4, -0.2) is 61.0 Å². The van der Waals surface area contributed by atoms with E-state index in [2.05, 4.69) is 15.0 Å². The minimum Gasteiger partial charge on any atom is -0.455 e. The summed E-state index contributed by atoms with van der Waals surface area (Å²) in [6.07, 6.45) is -3.71. The lowest BCUT2D eigenvalue weighted by Crippen LogP contribution is -2.42. The lowest BCUT2D eigenvalue weighted by Gasteiger charge is -2.24. The van der Waals surface area contributed by atoms with Gasteiger partial charge in [-0.05, 0) is 18.5 Å². The highest BCUT2D eigenvalue weighted by Crippen LogP contribution is 2.37. The van der Waals surface area contributed by atoms with E-state index in [1.807, 2.05) is 0 Å². The molecule has 0 spiro atoms. The molecule has 1 saturated heterocycles. The van der Waals surface area contributed by atoms with Gasteiger partial charge in [-0.25, -0.2) is 9.97 Å². The smallest absolute Gasteiger partial charge is 0.303 e. The average molecular weight is 419 g/mol. The van der Waals surface area contributed by atoms with Gasteiger partial charge in [-0.1, -0.05) is 11.6 Å². The number of ether oxygens (including phenoxy) is 3. The van der Waals surface area contributed by atoms with Crippen molar-refractivity contribution in [2.24, 2.45) is 0 Å². The molecule has 0 aliphatic carbocycles. The Morgan fingerprint density at radius 2 is 1.85 bits per heavy atom. The summed E-state index contributed by atoms with van der Waals surface area (Å²) in [5.41, 5.74) is 0.491. The minimum absolute atomic E-state index is 0.0365. The summed E-state index contributed by atoms with van der Waals surface area (Å²) in [5, 5.41) is 9.98. The van der Waals surface area contributed by atoms with Gasteiger partial charge in [0.25, 0.3) is 0 Å². The standard InChI is InChI=1S/C15H16Cl2N4O6/c1-5(22)9-10(25-6(2)23)11(26-7(3)24)14(27-9)21-4-18-8-12(16)19-15(17)20-13(8)21/h4-5,9-11,14,22H,1-3H3/t5?,9-,10-,11-,14-/m1/s1. The number of aliphatic hydroxyl groups excluding tert-OH is 1. The first-order valence-corrected chi connectivity index (χ1v) is 8.68. The van der Waals surface area contributed by atoms with E-state index in [0.29, 0.717) is 0 Å². The third kappa shape index (κ3) is 3.84. The Labute approximate surface area is 163 Å². The second-order valence-corrected chi connectivity index (χ2v) is 6.68. The minimum atomic E-state index is -1.06. The number of halogens is 2. The van der Waals surface area contributed by atoms with Gasteiger partial charge in [0.2, 0.25) is 5.28 Å². The predicted octanol–water partition coefficient (Wildman–Crippen LogP) is 1.27. The number of esters is 2. The first kappa shape index (κ1) is 19.7. The van der Waals surface area contributed by atoms with E-state index >= 15 is 0 Å². The maximum Gasteiger partial charge on any atom is 0.303 e. The molecule has 5 atom stereocenters. The van der Waals surface area contributed by atoms with Crippen LogP contribution in [0.3, 0.4) is 0 Å². The first-order chi connectivity index (χ1) is 12.7. The molecule has 10 nitrogen and oxygen atoms in total. The summed E-state index contributed by atoms with van der Waals surface area (Å²) >= 11 is 11.9. The number of carbonyl (C=O) groups excluding carboxylic acids is 2. The predicted molar refractivity (Wildman–Crippen MR) is 92.0 cm³/mol. The number of aromatic nitrogens is 4. The molecule has 1 aliphatic heterocycles. The van der Waals surface area contributed by atoms with E-state index in [1.165, 1.54) is 31.7 Å². The number of nitrogens with zero attached hydrogens (tertiary/aromatic N) is 4. The number of imidazole rings is 1.